The molecular weight excluding hydrogens is 291 g/mol. The van der Waals surface area contributed by atoms with Crippen molar-refractivity contribution in [1.82, 2.24) is 9.97 Å². The van der Waals surface area contributed by atoms with Crippen LogP contribution in [0.5, 0.6) is 11.6 Å². The first-order chi connectivity index (χ1) is 8.19. The van der Waals surface area contributed by atoms with Crippen molar-refractivity contribution in [1.29, 1.82) is 0 Å². The summed E-state index contributed by atoms with van der Waals surface area (Å²) in [7, 11) is 0. The Morgan fingerprint density at radius 1 is 1.29 bits per heavy atom. The van der Waals surface area contributed by atoms with Gasteiger partial charge in [-0.25, -0.2) is 20.2 Å². The van der Waals surface area contributed by atoms with Gasteiger partial charge in [-0.1, -0.05) is 0 Å². The van der Waals surface area contributed by atoms with E-state index in [1.54, 1.807) is 6.07 Å². The molecule has 2 aromatic rings. The zero-order chi connectivity index (χ0) is 12.3. The number of nitrogen functional groups attached to an aromatic ring is 1. The molecule has 2 rings (SSSR count). The van der Waals surface area contributed by atoms with Crippen molar-refractivity contribution in [3.63, 3.8) is 0 Å². The van der Waals surface area contributed by atoms with Crippen LogP contribution in [0.3, 0.4) is 0 Å². The van der Waals surface area contributed by atoms with E-state index in [1.807, 2.05) is 0 Å². The standard InChI is InChI=1S/C10H8BrFN4O/c11-7-2-1-6(12)3-8(7)17-10-4-9(16-13)14-5-15-10/h1-5H,13H2,(H,14,15,16). The quantitative estimate of drug-likeness (QED) is 0.673. The SMILES string of the molecule is NNc1cc(Oc2cc(F)ccc2Br)ncn1. The first-order valence-electron chi connectivity index (χ1n) is 4.60. The van der Waals surface area contributed by atoms with Crippen LogP contribution in [0.25, 0.3) is 0 Å². The smallest absolute Gasteiger partial charge is 0.224 e. The number of aromatic nitrogens is 2. The van der Waals surface area contributed by atoms with Crippen LogP contribution in [0.2, 0.25) is 0 Å². The van der Waals surface area contributed by atoms with E-state index in [9.17, 15) is 4.39 Å². The van der Waals surface area contributed by atoms with Crippen molar-refractivity contribution in [2.45, 2.75) is 0 Å². The van der Waals surface area contributed by atoms with Crippen LogP contribution < -0.4 is 16.0 Å². The molecule has 0 saturated heterocycles. The summed E-state index contributed by atoms with van der Waals surface area (Å²) >= 11 is 3.25. The van der Waals surface area contributed by atoms with Crippen molar-refractivity contribution in [3.8, 4) is 11.6 Å². The number of ether oxygens (including phenoxy) is 1. The number of hydrogen-bond acceptors (Lipinski definition) is 5. The molecule has 0 bridgehead atoms. The average Bonchev–Trinajstić information content (AvgIpc) is 2.34. The fraction of sp³-hybridized carbons (Fsp3) is 0. The average molecular weight is 299 g/mol. The summed E-state index contributed by atoms with van der Waals surface area (Å²) in [5.74, 6) is 5.80. The number of rotatable bonds is 3. The van der Waals surface area contributed by atoms with E-state index in [1.165, 1.54) is 24.5 Å². The van der Waals surface area contributed by atoms with Gasteiger partial charge >= 0.3 is 0 Å². The Morgan fingerprint density at radius 3 is 2.88 bits per heavy atom. The summed E-state index contributed by atoms with van der Waals surface area (Å²) in [6.07, 6.45) is 1.29. The van der Waals surface area contributed by atoms with Gasteiger partial charge in [-0.15, -0.1) is 0 Å². The molecule has 0 aliphatic heterocycles. The van der Waals surface area contributed by atoms with Gasteiger partial charge in [0.2, 0.25) is 5.88 Å². The summed E-state index contributed by atoms with van der Waals surface area (Å²) in [5, 5.41) is 0. The molecule has 0 amide bonds. The zero-order valence-electron chi connectivity index (χ0n) is 8.52. The lowest BCUT2D eigenvalue weighted by atomic mass is 10.3. The first-order valence-corrected chi connectivity index (χ1v) is 5.40. The van der Waals surface area contributed by atoms with E-state index in [0.29, 0.717) is 16.0 Å². The van der Waals surface area contributed by atoms with E-state index in [-0.39, 0.29) is 5.88 Å². The number of hydrazine groups is 1. The maximum Gasteiger partial charge on any atom is 0.224 e. The van der Waals surface area contributed by atoms with E-state index in [4.69, 9.17) is 10.6 Å². The third-order valence-corrected chi connectivity index (χ3v) is 2.55. The second kappa shape index (κ2) is 5.07. The Morgan fingerprint density at radius 2 is 2.12 bits per heavy atom. The van der Waals surface area contributed by atoms with Crippen molar-refractivity contribution >= 4 is 21.7 Å². The summed E-state index contributed by atoms with van der Waals surface area (Å²) in [6, 6.07) is 5.62. The second-order valence-electron chi connectivity index (χ2n) is 3.06. The number of nitrogens with two attached hydrogens (primary N) is 1. The maximum absolute atomic E-state index is 13.0. The Kier molecular flexibility index (Phi) is 3.50. The van der Waals surface area contributed by atoms with Gasteiger partial charge < -0.3 is 10.2 Å². The van der Waals surface area contributed by atoms with E-state index in [2.05, 4.69) is 31.3 Å². The fourth-order valence-corrected chi connectivity index (χ4v) is 1.47. The van der Waals surface area contributed by atoms with Gasteiger partial charge in [-0.2, -0.15) is 0 Å². The van der Waals surface area contributed by atoms with Gasteiger partial charge in [0, 0.05) is 12.1 Å². The number of benzene rings is 1. The summed E-state index contributed by atoms with van der Waals surface area (Å²) in [4.78, 5) is 7.71. The van der Waals surface area contributed by atoms with Gasteiger partial charge in [0.15, 0.2) is 0 Å². The van der Waals surface area contributed by atoms with Crippen molar-refractivity contribution in [2.24, 2.45) is 5.84 Å². The molecule has 5 nitrogen and oxygen atoms in total. The molecule has 1 heterocycles. The van der Waals surface area contributed by atoms with Crippen LogP contribution in [0.1, 0.15) is 0 Å². The third kappa shape index (κ3) is 2.89. The van der Waals surface area contributed by atoms with Crippen molar-refractivity contribution in [2.75, 3.05) is 5.43 Å². The van der Waals surface area contributed by atoms with E-state index in [0.717, 1.165) is 0 Å². The number of hydrogen-bond donors (Lipinski definition) is 2. The lowest BCUT2D eigenvalue weighted by Crippen LogP contribution is -2.08. The molecule has 0 fully saturated rings. The van der Waals surface area contributed by atoms with Crippen LogP contribution in [0, 0.1) is 5.82 Å². The van der Waals surface area contributed by atoms with E-state index >= 15 is 0 Å². The highest BCUT2D eigenvalue weighted by Crippen LogP contribution is 2.29. The monoisotopic (exact) mass is 298 g/mol. The van der Waals surface area contributed by atoms with Gasteiger partial charge in [0.05, 0.1) is 4.47 Å². The zero-order valence-corrected chi connectivity index (χ0v) is 10.1. The lowest BCUT2D eigenvalue weighted by Gasteiger charge is -2.07. The number of nitrogens with one attached hydrogen (secondary N) is 1. The Hall–Kier alpha value is -1.73. The molecule has 17 heavy (non-hydrogen) atoms. The molecule has 0 saturated carbocycles. The van der Waals surface area contributed by atoms with Gasteiger partial charge in [-0.05, 0) is 28.1 Å². The Balaban J connectivity index is 2.27. The van der Waals surface area contributed by atoms with Crippen LogP contribution in [-0.4, -0.2) is 9.97 Å². The topological polar surface area (TPSA) is 73.1 Å². The highest BCUT2D eigenvalue weighted by atomic mass is 79.9. The fourth-order valence-electron chi connectivity index (χ4n) is 1.14. The minimum atomic E-state index is -0.394. The molecule has 0 aliphatic rings. The number of anilines is 1. The lowest BCUT2D eigenvalue weighted by molar-refractivity contribution is 0.454. The molecule has 7 heteroatoms. The highest BCUT2D eigenvalue weighted by Gasteiger charge is 2.06. The van der Waals surface area contributed by atoms with Gasteiger partial charge in [-0.3, -0.25) is 0 Å². The third-order valence-electron chi connectivity index (χ3n) is 1.90. The van der Waals surface area contributed by atoms with Gasteiger partial charge in [0.1, 0.15) is 23.7 Å². The Bertz CT molecular complexity index is 537. The molecular formula is C10H8BrFN4O. The number of nitrogens with zero attached hydrogens (tertiary/aromatic N) is 2. The molecule has 0 aliphatic carbocycles. The summed E-state index contributed by atoms with van der Waals surface area (Å²) < 4.78 is 19.1. The van der Waals surface area contributed by atoms with Gasteiger partial charge in [0.25, 0.3) is 0 Å². The highest BCUT2D eigenvalue weighted by molar-refractivity contribution is 9.10. The van der Waals surface area contributed by atoms with Crippen LogP contribution in [0.4, 0.5) is 10.2 Å². The van der Waals surface area contributed by atoms with Crippen LogP contribution >= 0.6 is 15.9 Å². The molecule has 3 N–H and O–H groups in total. The minimum absolute atomic E-state index is 0.263. The summed E-state index contributed by atoms with van der Waals surface area (Å²) in [5.41, 5.74) is 2.36. The summed E-state index contributed by atoms with van der Waals surface area (Å²) in [6.45, 7) is 0. The van der Waals surface area contributed by atoms with Crippen molar-refractivity contribution < 1.29 is 9.13 Å². The number of halogens is 2. The largest absolute Gasteiger partial charge is 0.438 e. The van der Waals surface area contributed by atoms with Crippen LogP contribution in [-0.2, 0) is 0 Å². The molecule has 1 aromatic heterocycles. The van der Waals surface area contributed by atoms with Crippen molar-refractivity contribution in [3.05, 3.63) is 40.9 Å². The molecule has 0 unspecified atom stereocenters. The molecule has 0 spiro atoms. The molecule has 0 atom stereocenters. The maximum atomic E-state index is 13.0. The van der Waals surface area contributed by atoms with Crippen LogP contribution in [0.15, 0.2) is 35.1 Å². The predicted molar refractivity (Wildman–Crippen MR) is 64.0 cm³/mol. The first kappa shape index (κ1) is 11.7. The Labute approximate surface area is 105 Å². The molecule has 1 aromatic carbocycles. The molecule has 88 valence electrons. The normalized spacial score (nSPS) is 10.1. The predicted octanol–water partition coefficient (Wildman–Crippen LogP) is 2.46. The second-order valence-corrected chi connectivity index (χ2v) is 3.92. The minimum Gasteiger partial charge on any atom is -0.438 e. The van der Waals surface area contributed by atoms with E-state index < -0.39 is 5.82 Å². The molecule has 0 radical (unpaired) electrons.